The molecule has 168 valence electrons. The summed E-state index contributed by atoms with van der Waals surface area (Å²) in [6, 6.07) is 11.0. The third-order valence-corrected chi connectivity index (χ3v) is 5.03. The molecule has 31 heavy (non-hydrogen) atoms. The number of hydrogen-bond acceptors (Lipinski definition) is 7. The summed E-state index contributed by atoms with van der Waals surface area (Å²) in [5.74, 6) is -2.19. The first-order valence-electron chi connectivity index (χ1n) is 8.86. The first kappa shape index (κ1) is 25.7. The Morgan fingerprint density at radius 1 is 1.10 bits per heavy atom. The van der Waals surface area contributed by atoms with E-state index in [0.717, 1.165) is 0 Å². The Kier molecular flexibility index (Phi) is 9.73. The summed E-state index contributed by atoms with van der Waals surface area (Å²) in [6.07, 6.45) is -0.276. The summed E-state index contributed by atoms with van der Waals surface area (Å²) >= 11 is 0. The first-order chi connectivity index (χ1) is 14.4. The molecule has 0 radical (unpaired) electrons. The van der Waals surface area contributed by atoms with E-state index < -0.39 is 33.0 Å². The zero-order chi connectivity index (χ0) is 23.6. The van der Waals surface area contributed by atoms with E-state index in [1.54, 1.807) is 25.1 Å². The minimum atomic E-state index is -4.03. The SMILES string of the molecule is Cc1ccccc1S(=O)(=O)O.O=C(O)CC[C@H](NCc1ccc([N+](=O)[O-])cc1)C(=O)O. The largest absolute Gasteiger partial charge is 0.481 e. The molecule has 0 fully saturated rings. The van der Waals surface area contributed by atoms with Crippen molar-refractivity contribution in [1.82, 2.24) is 5.32 Å². The fourth-order valence-corrected chi connectivity index (χ4v) is 3.13. The molecule has 0 spiro atoms. The maximum Gasteiger partial charge on any atom is 0.320 e. The molecule has 2 aromatic rings. The van der Waals surface area contributed by atoms with E-state index in [0.29, 0.717) is 11.1 Å². The van der Waals surface area contributed by atoms with Crippen molar-refractivity contribution >= 4 is 27.7 Å². The maximum absolute atomic E-state index is 10.9. The number of aliphatic carboxylic acids is 2. The minimum Gasteiger partial charge on any atom is -0.481 e. The molecule has 11 nitrogen and oxygen atoms in total. The summed E-state index contributed by atoms with van der Waals surface area (Å²) in [5, 5.41) is 30.6. The van der Waals surface area contributed by atoms with Gasteiger partial charge < -0.3 is 15.5 Å². The van der Waals surface area contributed by atoms with E-state index in [4.69, 9.17) is 14.8 Å². The summed E-state index contributed by atoms with van der Waals surface area (Å²) in [4.78, 5) is 31.3. The molecule has 4 N–H and O–H groups in total. The van der Waals surface area contributed by atoms with E-state index in [2.05, 4.69) is 5.32 Å². The predicted molar refractivity (Wildman–Crippen MR) is 109 cm³/mol. The third kappa shape index (κ3) is 9.33. The molecule has 0 aliphatic heterocycles. The number of nitro groups is 1. The highest BCUT2D eigenvalue weighted by atomic mass is 32.2. The highest BCUT2D eigenvalue weighted by Gasteiger charge is 2.18. The molecule has 0 aliphatic rings. The summed E-state index contributed by atoms with van der Waals surface area (Å²) in [6.45, 7) is 1.82. The standard InChI is InChI=1S/C12H14N2O6.C7H8O3S/c15-11(16)6-5-10(12(17)18)13-7-8-1-3-9(4-2-8)14(19)20;1-6-4-2-3-5-7(6)11(8,9)10/h1-4,10,13H,5-7H2,(H,15,16)(H,17,18);2-5H,1H3,(H,8,9,10)/t10-;/m0./s1. The molecule has 2 aromatic carbocycles. The normalized spacial score (nSPS) is 11.7. The van der Waals surface area contributed by atoms with E-state index >= 15 is 0 Å². The van der Waals surface area contributed by atoms with Crippen LogP contribution < -0.4 is 5.32 Å². The molecule has 0 unspecified atom stereocenters. The van der Waals surface area contributed by atoms with E-state index in [1.807, 2.05) is 0 Å². The van der Waals surface area contributed by atoms with Gasteiger partial charge in [0.05, 0.1) is 9.82 Å². The average Bonchev–Trinajstić information content (AvgIpc) is 2.67. The number of benzene rings is 2. The van der Waals surface area contributed by atoms with Gasteiger partial charge in [-0.05, 0) is 30.5 Å². The minimum absolute atomic E-state index is 0.0278. The van der Waals surface area contributed by atoms with Crippen LogP contribution in [0.25, 0.3) is 0 Å². The quantitative estimate of drug-likeness (QED) is 0.249. The van der Waals surface area contributed by atoms with Gasteiger partial charge in [0, 0.05) is 25.1 Å². The van der Waals surface area contributed by atoms with Crippen LogP contribution in [0.2, 0.25) is 0 Å². The van der Waals surface area contributed by atoms with Crippen LogP contribution in [-0.4, -0.2) is 46.1 Å². The lowest BCUT2D eigenvalue weighted by Gasteiger charge is -2.13. The molecular weight excluding hydrogens is 432 g/mol. The number of carboxylic acid groups (broad SMARTS) is 2. The molecule has 0 aromatic heterocycles. The van der Waals surface area contributed by atoms with Crippen molar-refractivity contribution in [3.8, 4) is 0 Å². The maximum atomic E-state index is 10.9. The van der Waals surface area contributed by atoms with Crippen molar-refractivity contribution in [3.05, 3.63) is 69.8 Å². The highest BCUT2D eigenvalue weighted by molar-refractivity contribution is 7.85. The highest BCUT2D eigenvalue weighted by Crippen LogP contribution is 2.13. The molecule has 2 rings (SSSR count). The Morgan fingerprint density at radius 2 is 1.68 bits per heavy atom. The van der Waals surface area contributed by atoms with Crippen LogP contribution in [0.3, 0.4) is 0 Å². The van der Waals surface area contributed by atoms with Crippen LogP contribution in [0.5, 0.6) is 0 Å². The van der Waals surface area contributed by atoms with Gasteiger partial charge in [-0.2, -0.15) is 8.42 Å². The van der Waals surface area contributed by atoms with Crippen LogP contribution in [0.1, 0.15) is 24.0 Å². The third-order valence-electron chi connectivity index (χ3n) is 4.02. The van der Waals surface area contributed by atoms with Gasteiger partial charge >= 0.3 is 11.9 Å². The van der Waals surface area contributed by atoms with Gasteiger partial charge in [-0.3, -0.25) is 24.3 Å². The fraction of sp³-hybridized carbons (Fsp3) is 0.263. The Morgan fingerprint density at radius 3 is 2.10 bits per heavy atom. The predicted octanol–water partition coefficient (Wildman–Crippen LogP) is 2.24. The lowest BCUT2D eigenvalue weighted by Crippen LogP contribution is -2.36. The summed E-state index contributed by atoms with van der Waals surface area (Å²) < 4.78 is 29.9. The molecule has 1 atom stereocenters. The van der Waals surface area contributed by atoms with Gasteiger partial charge in [-0.25, -0.2) is 0 Å². The van der Waals surface area contributed by atoms with Crippen LogP contribution in [0.4, 0.5) is 5.69 Å². The topological polar surface area (TPSA) is 184 Å². The summed E-state index contributed by atoms with van der Waals surface area (Å²) in [7, 11) is -4.03. The molecule has 0 saturated carbocycles. The average molecular weight is 454 g/mol. The number of rotatable bonds is 9. The van der Waals surface area contributed by atoms with Gasteiger partial charge in [0.15, 0.2) is 0 Å². The van der Waals surface area contributed by atoms with Crippen molar-refractivity contribution in [2.24, 2.45) is 0 Å². The van der Waals surface area contributed by atoms with Gasteiger partial charge in [-0.15, -0.1) is 0 Å². The van der Waals surface area contributed by atoms with Crippen molar-refractivity contribution in [2.45, 2.75) is 37.2 Å². The van der Waals surface area contributed by atoms with Crippen LogP contribution in [0.15, 0.2) is 53.4 Å². The zero-order valence-electron chi connectivity index (χ0n) is 16.5. The summed E-state index contributed by atoms with van der Waals surface area (Å²) in [5.41, 5.74) is 1.18. The molecule has 0 amide bonds. The second kappa shape index (κ2) is 11.7. The Balaban J connectivity index is 0.000000367. The molecule has 0 heterocycles. The number of carbonyl (C=O) groups is 2. The van der Waals surface area contributed by atoms with Gasteiger partial charge in [0.2, 0.25) is 0 Å². The van der Waals surface area contributed by atoms with Gasteiger partial charge in [0.1, 0.15) is 6.04 Å². The lowest BCUT2D eigenvalue weighted by molar-refractivity contribution is -0.384. The van der Waals surface area contributed by atoms with E-state index in [-0.39, 0.29) is 30.0 Å². The number of aryl methyl sites for hydroxylation is 1. The lowest BCUT2D eigenvalue weighted by atomic mass is 10.1. The second-order valence-electron chi connectivity index (χ2n) is 6.37. The number of carboxylic acids is 2. The smallest absolute Gasteiger partial charge is 0.320 e. The second-order valence-corrected chi connectivity index (χ2v) is 7.76. The van der Waals surface area contributed by atoms with Crippen molar-refractivity contribution in [1.29, 1.82) is 0 Å². The molecule has 12 heteroatoms. The number of nitrogens with zero attached hydrogens (tertiary/aromatic N) is 1. The number of nitrogens with one attached hydrogen (secondary N) is 1. The zero-order valence-corrected chi connectivity index (χ0v) is 17.3. The Hall–Kier alpha value is -3.35. The monoisotopic (exact) mass is 454 g/mol. The molecule has 0 saturated heterocycles. The van der Waals surface area contributed by atoms with Crippen molar-refractivity contribution in [2.75, 3.05) is 0 Å². The molecular formula is C19H22N2O9S. The first-order valence-corrected chi connectivity index (χ1v) is 10.3. The van der Waals surface area contributed by atoms with Crippen LogP contribution in [-0.2, 0) is 26.3 Å². The Bertz CT molecular complexity index is 1020. The molecule has 0 aliphatic carbocycles. The number of hydrogen-bond donors (Lipinski definition) is 4. The molecule has 0 bridgehead atoms. The van der Waals surface area contributed by atoms with Gasteiger partial charge in [-0.1, -0.05) is 30.3 Å². The van der Waals surface area contributed by atoms with Crippen molar-refractivity contribution < 1.29 is 37.7 Å². The number of nitro benzene ring substituents is 1. The number of non-ortho nitro benzene ring substituents is 1. The van der Waals surface area contributed by atoms with Crippen LogP contribution in [0, 0.1) is 17.0 Å². The fourth-order valence-electron chi connectivity index (χ4n) is 2.40. The van der Waals surface area contributed by atoms with Crippen molar-refractivity contribution in [3.63, 3.8) is 0 Å². The Labute approximate surface area is 178 Å². The van der Waals surface area contributed by atoms with E-state index in [9.17, 15) is 28.1 Å². The van der Waals surface area contributed by atoms with E-state index in [1.165, 1.54) is 30.3 Å². The van der Waals surface area contributed by atoms with Crippen LogP contribution >= 0.6 is 0 Å². The van der Waals surface area contributed by atoms with Gasteiger partial charge in [0.25, 0.3) is 15.8 Å².